The Hall–Kier alpha value is -3.04. The van der Waals surface area contributed by atoms with Crippen LogP contribution in [-0.4, -0.2) is 28.3 Å². The molecule has 9 heteroatoms. The number of hydrogen-bond acceptors (Lipinski definition) is 7. The predicted octanol–water partition coefficient (Wildman–Crippen LogP) is 4.48. The molecule has 3 aromatic heterocycles. The molecule has 0 spiro atoms. The van der Waals surface area contributed by atoms with Gasteiger partial charge >= 0.3 is 0 Å². The number of fused-ring (bicyclic) bond motifs is 1. The Kier molecular flexibility index (Phi) is 5.91. The molecule has 1 N–H and O–H groups in total. The Balaban J connectivity index is 1.55. The van der Waals surface area contributed by atoms with Crippen LogP contribution in [0.1, 0.15) is 6.92 Å². The second-order valence-electron chi connectivity index (χ2n) is 6.32. The fourth-order valence-electron chi connectivity index (χ4n) is 3.01. The molecular weight excluding hydrogens is 422 g/mol. The summed E-state index contributed by atoms with van der Waals surface area (Å²) in [5.74, 6) is 1.32. The van der Waals surface area contributed by atoms with Crippen LogP contribution in [-0.2, 0) is 11.3 Å². The number of aromatic nitrogens is 2. The Morgan fingerprint density at radius 2 is 2.10 bits per heavy atom. The molecule has 0 unspecified atom stereocenters. The van der Waals surface area contributed by atoms with E-state index in [9.17, 15) is 9.59 Å². The first-order valence-corrected chi connectivity index (χ1v) is 11.1. The normalized spacial score (nSPS) is 11.0. The van der Waals surface area contributed by atoms with Gasteiger partial charge in [-0.05, 0) is 43.3 Å². The van der Waals surface area contributed by atoms with Crippen molar-refractivity contribution in [3.05, 3.63) is 58.4 Å². The number of furan rings is 1. The van der Waals surface area contributed by atoms with Crippen LogP contribution >= 0.6 is 23.1 Å². The van der Waals surface area contributed by atoms with E-state index >= 15 is 0 Å². The zero-order valence-electron chi connectivity index (χ0n) is 16.4. The number of benzene rings is 1. The summed E-state index contributed by atoms with van der Waals surface area (Å²) in [7, 11) is 1.59. The SMILES string of the molecule is CCn1c(SCC(=O)Nc2ccc(OC)cc2)nc2scc(-c3ccco3)c2c1=O. The number of anilines is 1. The molecule has 0 aliphatic heterocycles. The summed E-state index contributed by atoms with van der Waals surface area (Å²) in [5, 5.41) is 5.78. The first-order chi connectivity index (χ1) is 14.6. The number of rotatable bonds is 7. The van der Waals surface area contributed by atoms with E-state index in [0.717, 1.165) is 11.3 Å². The van der Waals surface area contributed by atoms with Crippen molar-refractivity contribution in [3.63, 3.8) is 0 Å². The molecule has 30 heavy (non-hydrogen) atoms. The zero-order chi connectivity index (χ0) is 21.1. The van der Waals surface area contributed by atoms with Crippen LogP contribution in [0.4, 0.5) is 5.69 Å². The highest BCUT2D eigenvalue weighted by molar-refractivity contribution is 7.99. The highest BCUT2D eigenvalue weighted by Crippen LogP contribution is 2.32. The van der Waals surface area contributed by atoms with Crippen LogP contribution < -0.4 is 15.6 Å². The number of hydrogen-bond donors (Lipinski definition) is 1. The van der Waals surface area contributed by atoms with Gasteiger partial charge in [0, 0.05) is 23.2 Å². The predicted molar refractivity (Wildman–Crippen MR) is 120 cm³/mol. The molecule has 0 fully saturated rings. The molecule has 4 aromatic rings. The third-order valence-corrected chi connectivity index (χ3v) is 6.32. The molecule has 1 aromatic carbocycles. The van der Waals surface area contributed by atoms with Gasteiger partial charge in [-0.25, -0.2) is 4.98 Å². The minimum Gasteiger partial charge on any atom is -0.497 e. The second-order valence-corrected chi connectivity index (χ2v) is 8.12. The van der Waals surface area contributed by atoms with Crippen molar-refractivity contribution < 1.29 is 13.9 Å². The molecule has 0 aliphatic carbocycles. The van der Waals surface area contributed by atoms with Crippen molar-refractivity contribution in [2.45, 2.75) is 18.6 Å². The van der Waals surface area contributed by atoms with Gasteiger partial charge in [-0.1, -0.05) is 11.8 Å². The maximum absolute atomic E-state index is 13.1. The summed E-state index contributed by atoms with van der Waals surface area (Å²) in [6.07, 6.45) is 1.58. The number of carbonyl (C=O) groups excluding carboxylic acids is 1. The van der Waals surface area contributed by atoms with E-state index in [1.807, 2.05) is 18.4 Å². The monoisotopic (exact) mass is 441 g/mol. The van der Waals surface area contributed by atoms with Crippen molar-refractivity contribution in [2.24, 2.45) is 0 Å². The Morgan fingerprint density at radius 3 is 2.77 bits per heavy atom. The molecule has 7 nitrogen and oxygen atoms in total. The van der Waals surface area contributed by atoms with Gasteiger partial charge in [0.1, 0.15) is 16.3 Å². The number of ether oxygens (including phenoxy) is 1. The van der Waals surface area contributed by atoms with E-state index in [1.54, 1.807) is 48.3 Å². The van der Waals surface area contributed by atoms with E-state index < -0.39 is 0 Å². The molecule has 0 saturated heterocycles. The van der Waals surface area contributed by atoms with Crippen molar-refractivity contribution >= 4 is 44.9 Å². The summed E-state index contributed by atoms with van der Waals surface area (Å²) in [4.78, 5) is 30.8. The molecule has 154 valence electrons. The van der Waals surface area contributed by atoms with Crippen molar-refractivity contribution in [1.82, 2.24) is 9.55 Å². The maximum Gasteiger partial charge on any atom is 0.263 e. The number of nitrogens with zero attached hydrogens (tertiary/aromatic N) is 2. The number of nitrogens with one attached hydrogen (secondary N) is 1. The van der Waals surface area contributed by atoms with Crippen LogP contribution in [0.3, 0.4) is 0 Å². The number of amides is 1. The molecular formula is C21H19N3O4S2. The smallest absolute Gasteiger partial charge is 0.263 e. The van der Waals surface area contributed by atoms with E-state index in [2.05, 4.69) is 10.3 Å². The van der Waals surface area contributed by atoms with Gasteiger partial charge in [-0.2, -0.15) is 0 Å². The highest BCUT2D eigenvalue weighted by Gasteiger charge is 2.18. The number of thioether (sulfide) groups is 1. The topological polar surface area (TPSA) is 86.4 Å². The van der Waals surface area contributed by atoms with Gasteiger partial charge in [0.25, 0.3) is 5.56 Å². The van der Waals surface area contributed by atoms with Gasteiger partial charge < -0.3 is 14.5 Å². The third kappa shape index (κ3) is 3.99. The van der Waals surface area contributed by atoms with Gasteiger partial charge in [0.2, 0.25) is 5.91 Å². The van der Waals surface area contributed by atoms with Gasteiger partial charge in [0.05, 0.1) is 24.5 Å². The summed E-state index contributed by atoms with van der Waals surface area (Å²) >= 11 is 2.63. The number of methoxy groups -OCH3 is 1. The van der Waals surface area contributed by atoms with E-state index in [4.69, 9.17) is 9.15 Å². The van der Waals surface area contributed by atoms with Crippen LogP contribution in [0.25, 0.3) is 21.5 Å². The largest absolute Gasteiger partial charge is 0.497 e. The van der Waals surface area contributed by atoms with Crippen LogP contribution in [0.5, 0.6) is 5.75 Å². The average Bonchev–Trinajstić information content (AvgIpc) is 3.42. The van der Waals surface area contributed by atoms with Crippen LogP contribution in [0, 0.1) is 0 Å². The van der Waals surface area contributed by atoms with E-state index in [1.165, 1.54) is 23.1 Å². The second kappa shape index (κ2) is 8.76. The first kappa shape index (κ1) is 20.2. The van der Waals surface area contributed by atoms with Crippen molar-refractivity contribution in [2.75, 3.05) is 18.2 Å². The molecule has 1 amide bonds. The lowest BCUT2D eigenvalue weighted by molar-refractivity contribution is -0.113. The zero-order valence-corrected chi connectivity index (χ0v) is 18.0. The molecule has 4 rings (SSSR count). The van der Waals surface area contributed by atoms with Gasteiger partial charge in [0.15, 0.2) is 5.16 Å². The quantitative estimate of drug-likeness (QED) is 0.336. The van der Waals surface area contributed by atoms with E-state index in [-0.39, 0.29) is 17.2 Å². The minimum atomic E-state index is -0.176. The lowest BCUT2D eigenvalue weighted by atomic mass is 10.2. The molecule has 0 atom stereocenters. The summed E-state index contributed by atoms with van der Waals surface area (Å²) in [5.41, 5.74) is 1.29. The van der Waals surface area contributed by atoms with Crippen molar-refractivity contribution in [1.29, 1.82) is 0 Å². The number of carbonyl (C=O) groups is 1. The lowest BCUT2D eigenvalue weighted by Gasteiger charge is -2.10. The summed E-state index contributed by atoms with van der Waals surface area (Å²) in [6.45, 7) is 2.34. The third-order valence-electron chi connectivity index (χ3n) is 4.47. The first-order valence-electron chi connectivity index (χ1n) is 9.23. The molecule has 0 saturated carbocycles. The van der Waals surface area contributed by atoms with Crippen LogP contribution in [0.15, 0.2) is 62.4 Å². The molecule has 0 bridgehead atoms. The fourth-order valence-corrected chi connectivity index (χ4v) is 4.84. The van der Waals surface area contributed by atoms with Gasteiger partial charge in [-0.15, -0.1) is 11.3 Å². The Morgan fingerprint density at radius 1 is 1.30 bits per heavy atom. The molecule has 0 aliphatic rings. The summed E-state index contributed by atoms with van der Waals surface area (Å²) in [6, 6.07) is 10.7. The van der Waals surface area contributed by atoms with Gasteiger partial charge in [-0.3, -0.25) is 14.2 Å². The molecule has 0 radical (unpaired) electrons. The maximum atomic E-state index is 13.1. The Labute approximate surface area is 180 Å². The Bertz CT molecular complexity index is 1230. The number of thiophene rings is 1. The highest BCUT2D eigenvalue weighted by atomic mass is 32.2. The summed E-state index contributed by atoms with van der Waals surface area (Å²) < 4.78 is 12.2. The fraction of sp³-hybridized carbons (Fsp3) is 0.190. The van der Waals surface area contributed by atoms with Crippen molar-refractivity contribution in [3.8, 4) is 17.1 Å². The average molecular weight is 442 g/mol. The lowest BCUT2D eigenvalue weighted by Crippen LogP contribution is -2.23. The van der Waals surface area contributed by atoms with Crippen LogP contribution in [0.2, 0.25) is 0 Å². The van der Waals surface area contributed by atoms with E-state index in [0.29, 0.717) is 33.4 Å². The molecule has 3 heterocycles. The minimum absolute atomic E-state index is 0.131. The standard InChI is InChI=1S/C21H19N3O4S2/c1-3-24-20(26)18-15(16-5-4-10-28-16)11-29-19(18)23-21(24)30-12-17(25)22-13-6-8-14(27-2)9-7-13/h4-11H,3,12H2,1-2H3,(H,22,25).